The Labute approximate surface area is 200 Å². The highest BCUT2D eigenvalue weighted by Crippen LogP contribution is 2.29. The molecule has 0 saturated carbocycles. The summed E-state index contributed by atoms with van der Waals surface area (Å²) in [4.78, 5) is 13.9. The van der Waals surface area contributed by atoms with Gasteiger partial charge in [-0.2, -0.15) is 26.4 Å². The van der Waals surface area contributed by atoms with Crippen molar-refractivity contribution in [2.45, 2.75) is 37.0 Å². The van der Waals surface area contributed by atoms with E-state index in [1.165, 1.54) is 23.2 Å². The number of nitrogens with zero attached hydrogens (tertiary/aromatic N) is 3. The fraction of sp³-hybridized carbons (Fsp3) is 0.238. The molecule has 1 aliphatic heterocycles. The quantitative estimate of drug-likeness (QED) is 0.465. The van der Waals surface area contributed by atoms with Crippen LogP contribution < -0.4 is 15.2 Å². The Kier molecular flexibility index (Phi) is 6.62. The molecule has 1 aliphatic rings. The van der Waals surface area contributed by atoms with Crippen LogP contribution in [0.1, 0.15) is 22.9 Å². The van der Waals surface area contributed by atoms with Crippen LogP contribution in [0.2, 0.25) is 0 Å². The van der Waals surface area contributed by atoms with E-state index in [9.17, 15) is 35.2 Å². The summed E-state index contributed by atoms with van der Waals surface area (Å²) in [6.45, 7) is -3.17. The van der Waals surface area contributed by atoms with Gasteiger partial charge in [0.15, 0.2) is 0 Å². The molecule has 0 aliphatic carbocycles. The van der Waals surface area contributed by atoms with Crippen molar-refractivity contribution in [3.8, 4) is 11.5 Å². The van der Waals surface area contributed by atoms with Crippen molar-refractivity contribution in [2.24, 2.45) is 5.73 Å². The number of amides is 1. The molecule has 9 nitrogen and oxygen atoms in total. The van der Waals surface area contributed by atoms with Crippen molar-refractivity contribution in [1.29, 1.82) is 0 Å². The maximum atomic E-state index is 12.8. The van der Waals surface area contributed by atoms with Gasteiger partial charge in [-0.3, -0.25) is 4.79 Å². The van der Waals surface area contributed by atoms with Gasteiger partial charge in [0.05, 0.1) is 17.1 Å². The van der Waals surface area contributed by atoms with E-state index in [1.54, 1.807) is 0 Å². The summed E-state index contributed by atoms with van der Waals surface area (Å²) < 4.78 is 96.4. The van der Waals surface area contributed by atoms with Crippen LogP contribution in [-0.4, -0.2) is 41.4 Å². The Morgan fingerprint density at radius 3 is 2.36 bits per heavy atom. The summed E-state index contributed by atoms with van der Waals surface area (Å²) >= 11 is 0. The van der Waals surface area contributed by atoms with Crippen LogP contribution in [0.3, 0.4) is 0 Å². The van der Waals surface area contributed by atoms with Crippen molar-refractivity contribution in [3.05, 3.63) is 71.5 Å². The van der Waals surface area contributed by atoms with Crippen LogP contribution in [0.25, 0.3) is 0 Å². The van der Waals surface area contributed by atoms with Crippen LogP contribution in [-0.2, 0) is 27.9 Å². The summed E-state index contributed by atoms with van der Waals surface area (Å²) in [5, 5.41) is 4.03. The zero-order valence-electron chi connectivity index (χ0n) is 18.0. The van der Waals surface area contributed by atoms with E-state index in [0.717, 1.165) is 36.4 Å². The molecule has 15 heteroatoms. The lowest BCUT2D eigenvalue weighted by Gasteiger charge is -2.21. The molecule has 36 heavy (non-hydrogen) atoms. The van der Waals surface area contributed by atoms with E-state index < -0.39 is 40.7 Å². The normalized spacial score (nSPS) is 14.6. The van der Waals surface area contributed by atoms with Gasteiger partial charge in [-0.1, -0.05) is 12.1 Å². The first kappa shape index (κ1) is 25.4. The van der Waals surface area contributed by atoms with Gasteiger partial charge in [0.1, 0.15) is 17.5 Å². The average Bonchev–Trinajstić information content (AvgIpc) is 3.37. The molecule has 0 saturated heterocycles. The number of rotatable bonds is 7. The number of fused-ring (bicyclic) bond motifs is 1. The molecule has 4 rings (SSSR count). The molecule has 2 heterocycles. The SMILES string of the molecule is N[C@@H](C(=O)N1Cc2cn(S(=O)(=O)c3ccc(OC(F)F)cc3)nc2C1)c1cccc(OC(F)(F)F)c1. The highest BCUT2D eigenvalue weighted by Gasteiger charge is 2.34. The second-order valence-corrected chi connectivity index (χ2v) is 9.42. The van der Waals surface area contributed by atoms with Crippen LogP contribution in [0.5, 0.6) is 11.5 Å². The van der Waals surface area contributed by atoms with Gasteiger partial charge < -0.3 is 20.1 Å². The second kappa shape index (κ2) is 9.39. The fourth-order valence-corrected chi connectivity index (χ4v) is 4.72. The number of carbonyl (C=O) groups is 1. The molecule has 3 aromatic rings. The van der Waals surface area contributed by atoms with E-state index in [-0.39, 0.29) is 35.0 Å². The second-order valence-electron chi connectivity index (χ2n) is 7.62. The number of aromatic nitrogens is 2. The first-order chi connectivity index (χ1) is 16.8. The monoisotopic (exact) mass is 532 g/mol. The van der Waals surface area contributed by atoms with Gasteiger partial charge in [-0.25, -0.2) is 0 Å². The highest BCUT2D eigenvalue weighted by molar-refractivity contribution is 7.89. The summed E-state index contributed by atoms with van der Waals surface area (Å²) in [5.74, 6) is -1.35. The molecule has 1 aromatic heterocycles. The van der Waals surface area contributed by atoms with E-state index in [4.69, 9.17) is 5.73 Å². The zero-order valence-corrected chi connectivity index (χ0v) is 18.8. The molecule has 0 fully saturated rings. The lowest BCUT2D eigenvalue weighted by Crippen LogP contribution is -2.35. The summed E-state index contributed by atoms with van der Waals surface area (Å²) in [5.41, 5.74) is 6.77. The maximum Gasteiger partial charge on any atom is 0.573 e. The van der Waals surface area contributed by atoms with Gasteiger partial charge >= 0.3 is 13.0 Å². The van der Waals surface area contributed by atoms with Crippen LogP contribution in [0, 0.1) is 0 Å². The zero-order chi connectivity index (χ0) is 26.3. The third-order valence-corrected chi connectivity index (χ3v) is 6.73. The third-order valence-electron chi connectivity index (χ3n) is 5.18. The van der Waals surface area contributed by atoms with E-state index >= 15 is 0 Å². The minimum absolute atomic E-state index is 0.0305. The average molecular weight is 532 g/mol. The Hall–Kier alpha value is -3.72. The predicted molar refractivity (Wildman–Crippen MR) is 112 cm³/mol. The molecule has 1 atom stereocenters. The fourth-order valence-electron chi connectivity index (χ4n) is 3.55. The minimum atomic E-state index is -4.91. The molecule has 192 valence electrons. The van der Waals surface area contributed by atoms with Crippen molar-refractivity contribution >= 4 is 15.9 Å². The van der Waals surface area contributed by atoms with Gasteiger partial charge in [0.25, 0.3) is 10.0 Å². The Bertz CT molecular complexity index is 1350. The summed E-state index contributed by atoms with van der Waals surface area (Å²) in [7, 11) is -4.15. The number of carbonyl (C=O) groups excluding carboxylic acids is 1. The standard InChI is InChI=1S/C21H17F5N4O5S/c22-20(23)34-14-4-6-16(7-5-14)36(32,33)30-10-13-9-29(11-17(13)28-30)19(31)18(27)12-2-1-3-15(8-12)35-21(24,25)26/h1-8,10,18,20H,9,11,27H2/t18-/m1/s1. The Morgan fingerprint density at radius 2 is 1.75 bits per heavy atom. The Balaban J connectivity index is 1.46. The first-order valence-corrected chi connectivity index (χ1v) is 11.6. The highest BCUT2D eigenvalue weighted by atomic mass is 32.2. The third kappa shape index (κ3) is 5.41. The van der Waals surface area contributed by atoms with E-state index in [1.807, 2.05) is 0 Å². The van der Waals surface area contributed by atoms with Crippen molar-refractivity contribution in [3.63, 3.8) is 0 Å². The molecular weight excluding hydrogens is 515 g/mol. The summed E-state index contributed by atoms with van der Waals surface area (Å²) in [6.07, 6.45) is -3.69. The van der Waals surface area contributed by atoms with Crippen molar-refractivity contribution < 1.29 is 44.6 Å². The molecule has 0 bridgehead atoms. The molecule has 1 amide bonds. The molecule has 0 radical (unpaired) electrons. The molecular formula is C21H17F5N4O5S. The number of hydrogen-bond acceptors (Lipinski definition) is 7. The number of benzene rings is 2. The number of ether oxygens (including phenoxy) is 2. The minimum Gasteiger partial charge on any atom is -0.435 e. The molecule has 0 unspecified atom stereocenters. The molecule has 2 aromatic carbocycles. The van der Waals surface area contributed by atoms with Crippen molar-refractivity contribution in [2.75, 3.05) is 0 Å². The van der Waals surface area contributed by atoms with Gasteiger partial charge in [0, 0.05) is 18.3 Å². The smallest absolute Gasteiger partial charge is 0.435 e. The number of hydrogen-bond donors (Lipinski definition) is 1. The van der Waals surface area contributed by atoms with E-state index in [0.29, 0.717) is 9.65 Å². The van der Waals surface area contributed by atoms with Crippen LogP contribution >= 0.6 is 0 Å². The predicted octanol–water partition coefficient (Wildman–Crippen LogP) is 3.16. The van der Waals surface area contributed by atoms with E-state index in [2.05, 4.69) is 14.6 Å². The number of alkyl halides is 5. The van der Waals surface area contributed by atoms with Gasteiger partial charge in [-0.05, 0) is 42.0 Å². The molecule has 0 spiro atoms. The van der Waals surface area contributed by atoms with Gasteiger partial charge in [-0.15, -0.1) is 13.2 Å². The first-order valence-electron chi connectivity index (χ1n) is 10.1. The maximum absolute atomic E-state index is 12.8. The number of nitrogens with two attached hydrogens (primary N) is 1. The van der Waals surface area contributed by atoms with Crippen molar-refractivity contribution in [1.82, 2.24) is 14.1 Å². The lowest BCUT2D eigenvalue weighted by atomic mass is 10.1. The lowest BCUT2D eigenvalue weighted by molar-refractivity contribution is -0.274. The summed E-state index contributed by atoms with van der Waals surface area (Å²) in [6, 6.07) is 7.76. The largest absolute Gasteiger partial charge is 0.573 e. The molecule has 2 N–H and O–H groups in total. The number of halogens is 5. The Morgan fingerprint density at radius 1 is 1.06 bits per heavy atom. The van der Waals surface area contributed by atoms with Gasteiger partial charge in [0.2, 0.25) is 5.91 Å². The van der Waals surface area contributed by atoms with Crippen LogP contribution in [0.15, 0.2) is 59.6 Å². The van der Waals surface area contributed by atoms with Crippen LogP contribution in [0.4, 0.5) is 22.0 Å². The topological polar surface area (TPSA) is 117 Å².